The zero-order valence-electron chi connectivity index (χ0n) is 16.1. The van der Waals surface area contributed by atoms with Gasteiger partial charge in [0.15, 0.2) is 0 Å². The molecule has 3 fully saturated rings. The maximum atomic E-state index is 8.81. The van der Waals surface area contributed by atoms with Gasteiger partial charge in [0.2, 0.25) is 0 Å². The second-order valence-corrected chi connectivity index (χ2v) is 8.05. The fraction of sp³-hybridized carbons (Fsp3) is 0.435. The second kappa shape index (κ2) is 8.26. The molecule has 4 aliphatic rings. The van der Waals surface area contributed by atoms with Gasteiger partial charge in [-0.05, 0) is 55.0 Å². The zero-order chi connectivity index (χ0) is 18.2. The van der Waals surface area contributed by atoms with Crippen LogP contribution in [0, 0.1) is 11.3 Å². The number of benzene rings is 2. The van der Waals surface area contributed by atoms with Crippen LogP contribution in [-0.4, -0.2) is 48.1 Å². The van der Waals surface area contributed by atoms with Crippen LogP contribution in [0.3, 0.4) is 0 Å². The first-order valence-corrected chi connectivity index (χ1v) is 10.2. The highest BCUT2D eigenvalue weighted by molar-refractivity contribution is 8.93. The number of nitrogens with one attached hydrogen (secondary N) is 1. The molecule has 0 saturated carbocycles. The van der Waals surface area contributed by atoms with Gasteiger partial charge in [0.05, 0.1) is 6.04 Å². The molecule has 1 N–H and O–H groups in total. The number of ether oxygens (including phenoxy) is 1. The molecule has 2 bridgehead atoms. The summed E-state index contributed by atoms with van der Waals surface area (Å²) in [4.78, 5) is 4.65. The highest BCUT2D eigenvalue weighted by atomic mass is 79.9. The first-order chi connectivity index (χ1) is 13.3. The molecule has 0 amide bonds. The SMILES string of the molecule is Br.N=C(OC1CN2CCC1CC2)N1CCc2ccccc2C1c1ccccc1. The first kappa shape index (κ1) is 19.5. The molecule has 148 valence electrons. The number of piperidine rings is 3. The minimum absolute atomic E-state index is 0. The lowest BCUT2D eigenvalue weighted by Crippen LogP contribution is -2.53. The quantitative estimate of drug-likeness (QED) is 0.558. The Morgan fingerprint density at radius 1 is 0.929 bits per heavy atom. The van der Waals surface area contributed by atoms with Crippen molar-refractivity contribution in [3.8, 4) is 0 Å². The van der Waals surface area contributed by atoms with Gasteiger partial charge < -0.3 is 9.64 Å². The molecule has 28 heavy (non-hydrogen) atoms. The molecule has 4 heterocycles. The van der Waals surface area contributed by atoms with Gasteiger partial charge in [-0.3, -0.25) is 10.3 Å². The Morgan fingerprint density at radius 3 is 2.36 bits per heavy atom. The van der Waals surface area contributed by atoms with E-state index in [4.69, 9.17) is 10.1 Å². The van der Waals surface area contributed by atoms with Crippen molar-refractivity contribution in [1.29, 1.82) is 5.41 Å². The van der Waals surface area contributed by atoms with Gasteiger partial charge in [-0.2, -0.15) is 0 Å². The summed E-state index contributed by atoms with van der Waals surface area (Å²) in [6.07, 6.45) is 3.56. The van der Waals surface area contributed by atoms with Gasteiger partial charge in [-0.25, -0.2) is 0 Å². The largest absolute Gasteiger partial charge is 0.460 e. The second-order valence-electron chi connectivity index (χ2n) is 8.05. The predicted octanol–water partition coefficient (Wildman–Crippen LogP) is 4.26. The van der Waals surface area contributed by atoms with Gasteiger partial charge >= 0.3 is 0 Å². The van der Waals surface area contributed by atoms with Crippen LogP contribution < -0.4 is 0 Å². The van der Waals surface area contributed by atoms with E-state index < -0.39 is 0 Å². The first-order valence-electron chi connectivity index (χ1n) is 10.2. The third kappa shape index (κ3) is 3.58. The Bertz CT molecular complexity index is 820. The van der Waals surface area contributed by atoms with Crippen molar-refractivity contribution in [2.45, 2.75) is 31.4 Å². The molecule has 6 rings (SSSR count). The van der Waals surface area contributed by atoms with Crippen molar-refractivity contribution in [2.75, 3.05) is 26.2 Å². The summed E-state index contributed by atoms with van der Waals surface area (Å²) >= 11 is 0. The summed E-state index contributed by atoms with van der Waals surface area (Å²) in [6, 6.07) is 19.6. The molecular weight excluding hydrogens is 414 g/mol. The minimum Gasteiger partial charge on any atom is -0.460 e. The molecule has 4 nitrogen and oxygen atoms in total. The fourth-order valence-electron chi connectivity index (χ4n) is 5.04. The Labute approximate surface area is 177 Å². The minimum atomic E-state index is 0. The Morgan fingerprint density at radius 2 is 1.64 bits per heavy atom. The summed E-state index contributed by atoms with van der Waals surface area (Å²) in [5.41, 5.74) is 3.92. The number of hydrogen-bond acceptors (Lipinski definition) is 3. The lowest BCUT2D eigenvalue weighted by molar-refractivity contribution is -0.0256. The van der Waals surface area contributed by atoms with E-state index in [-0.39, 0.29) is 29.1 Å². The van der Waals surface area contributed by atoms with E-state index in [2.05, 4.69) is 64.4 Å². The normalized spacial score (nSPS) is 28.2. The van der Waals surface area contributed by atoms with E-state index in [1.54, 1.807) is 0 Å². The summed E-state index contributed by atoms with van der Waals surface area (Å²) in [5, 5.41) is 8.81. The van der Waals surface area contributed by atoms with Gasteiger partial charge in [0.1, 0.15) is 6.10 Å². The summed E-state index contributed by atoms with van der Waals surface area (Å²) in [7, 11) is 0. The number of nitrogens with zero attached hydrogens (tertiary/aromatic N) is 2. The van der Waals surface area contributed by atoms with Gasteiger partial charge in [0, 0.05) is 13.1 Å². The third-order valence-electron chi connectivity index (χ3n) is 6.52. The lowest BCUT2D eigenvalue weighted by atomic mass is 9.86. The van der Waals surface area contributed by atoms with Crippen LogP contribution in [-0.2, 0) is 11.2 Å². The summed E-state index contributed by atoms with van der Waals surface area (Å²) in [5.74, 6) is 0.614. The van der Waals surface area contributed by atoms with E-state index >= 15 is 0 Å². The topological polar surface area (TPSA) is 39.6 Å². The van der Waals surface area contributed by atoms with Crippen LogP contribution in [0.25, 0.3) is 0 Å². The monoisotopic (exact) mass is 441 g/mol. The molecule has 0 radical (unpaired) electrons. The maximum Gasteiger partial charge on any atom is 0.285 e. The fourth-order valence-corrected chi connectivity index (χ4v) is 5.04. The maximum absolute atomic E-state index is 8.81. The third-order valence-corrected chi connectivity index (χ3v) is 6.52. The molecule has 5 heteroatoms. The lowest BCUT2D eigenvalue weighted by Gasteiger charge is -2.46. The average molecular weight is 442 g/mol. The van der Waals surface area contributed by atoms with Gasteiger partial charge in [0.25, 0.3) is 6.02 Å². The van der Waals surface area contributed by atoms with Gasteiger partial charge in [-0.15, -0.1) is 17.0 Å². The molecule has 2 aromatic rings. The Kier molecular flexibility index (Phi) is 5.74. The number of amidine groups is 1. The van der Waals surface area contributed by atoms with E-state index in [1.807, 2.05) is 0 Å². The summed E-state index contributed by atoms with van der Waals surface area (Å²) < 4.78 is 6.30. The molecule has 2 atom stereocenters. The van der Waals surface area contributed by atoms with E-state index in [9.17, 15) is 0 Å². The molecule has 0 spiro atoms. The molecule has 2 unspecified atom stereocenters. The van der Waals surface area contributed by atoms with Gasteiger partial charge in [-0.1, -0.05) is 54.6 Å². The number of fused-ring (bicyclic) bond motifs is 4. The Balaban J connectivity index is 0.00000192. The van der Waals surface area contributed by atoms with Crippen LogP contribution in [0.4, 0.5) is 0 Å². The predicted molar refractivity (Wildman–Crippen MR) is 117 cm³/mol. The van der Waals surface area contributed by atoms with E-state index in [0.29, 0.717) is 11.9 Å². The molecule has 3 saturated heterocycles. The highest BCUT2D eigenvalue weighted by Gasteiger charge is 2.38. The Hall–Kier alpha value is -1.85. The standard InChI is InChI=1S/C23H27N3O.BrH/c24-23(27-21-16-25-13-10-18(21)11-14-25)26-15-12-17-6-4-5-9-20(17)22(26)19-7-2-1-3-8-19;/h1-9,18,21-22,24H,10-16H2;1H. The molecule has 4 aliphatic heterocycles. The van der Waals surface area contributed by atoms with Crippen molar-refractivity contribution in [3.63, 3.8) is 0 Å². The van der Waals surface area contributed by atoms with Crippen molar-refractivity contribution in [3.05, 3.63) is 71.3 Å². The zero-order valence-corrected chi connectivity index (χ0v) is 17.8. The van der Waals surface area contributed by atoms with E-state index in [1.165, 1.54) is 42.6 Å². The van der Waals surface area contributed by atoms with Crippen molar-refractivity contribution >= 4 is 23.0 Å². The molecule has 2 aromatic carbocycles. The van der Waals surface area contributed by atoms with Crippen LogP contribution in [0.5, 0.6) is 0 Å². The van der Waals surface area contributed by atoms with Crippen molar-refractivity contribution in [2.24, 2.45) is 5.92 Å². The van der Waals surface area contributed by atoms with Crippen molar-refractivity contribution < 1.29 is 4.74 Å². The van der Waals surface area contributed by atoms with Crippen LogP contribution >= 0.6 is 17.0 Å². The molecule has 0 aliphatic carbocycles. The smallest absolute Gasteiger partial charge is 0.285 e. The van der Waals surface area contributed by atoms with Crippen LogP contribution in [0.15, 0.2) is 54.6 Å². The average Bonchev–Trinajstić information content (AvgIpc) is 2.74. The molecular formula is C23H28BrN3O. The van der Waals surface area contributed by atoms with E-state index in [0.717, 1.165) is 19.5 Å². The van der Waals surface area contributed by atoms with Crippen LogP contribution in [0.1, 0.15) is 35.6 Å². The van der Waals surface area contributed by atoms with Crippen molar-refractivity contribution in [1.82, 2.24) is 9.80 Å². The highest BCUT2D eigenvalue weighted by Crippen LogP contribution is 2.36. The summed E-state index contributed by atoms with van der Waals surface area (Å²) in [6.45, 7) is 4.20. The number of halogens is 1. The number of hydrogen-bond donors (Lipinski definition) is 1. The number of rotatable bonds is 2. The molecule has 0 aromatic heterocycles. The van der Waals surface area contributed by atoms with Crippen LogP contribution in [0.2, 0.25) is 0 Å².